The zero-order valence-corrected chi connectivity index (χ0v) is 16.3. The Labute approximate surface area is 163 Å². The molecule has 9 nitrogen and oxygen atoms in total. The highest BCUT2D eigenvalue weighted by atomic mass is 16.5. The van der Waals surface area contributed by atoms with Gasteiger partial charge in [0.1, 0.15) is 5.69 Å². The van der Waals surface area contributed by atoms with Crippen LogP contribution in [0.4, 0.5) is 5.95 Å². The van der Waals surface area contributed by atoms with Crippen molar-refractivity contribution in [2.45, 2.75) is 20.4 Å². The number of ether oxygens (including phenoxy) is 2. The van der Waals surface area contributed by atoms with Crippen molar-refractivity contribution in [2.24, 2.45) is 0 Å². The molecule has 0 aliphatic carbocycles. The standard InChI is InChI=1S/C19H23N7O2/c1-13-8-14(2)22-18(27-3)16(13)11-26-12-17(23-24-26)15-9-20-19(21-10-15)25-4-6-28-7-5-25/h8-10,12H,4-7,11H2,1-3H3. The molecule has 0 bridgehead atoms. The molecule has 146 valence electrons. The van der Waals surface area contributed by atoms with Crippen LogP contribution >= 0.6 is 0 Å². The summed E-state index contributed by atoms with van der Waals surface area (Å²) in [6, 6.07) is 2.04. The second kappa shape index (κ2) is 7.89. The third-order valence-corrected chi connectivity index (χ3v) is 4.72. The normalized spacial score (nSPS) is 14.3. The lowest BCUT2D eigenvalue weighted by atomic mass is 10.1. The number of nitrogens with zero attached hydrogens (tertiary/aromatic N) is 7. The number of hydrogen-bond acceptors (Lipinski definition) is 8. The Morgan fingerprint density at radius 3 is 2.61 bits per heavy atom. The van der Waals surface area contributed by atoms with Crippen LogP contribution < -0.4 is 9.64 Å². The Kier molecular flexibility index (Phi) is 5.16. The van der Waals surface area contributed by atoms with Gasteiger partial charge in [0.25, 0.3) is 0 Å². The smallest absolute Gasteiger partial charge is 0.225 e. The van der Waals surface area contributed by atoms with Crippen molar-refractivity contribution >= 4 is 5.95 Å². The van der Waals surface area contributed by atoms with Gasteiger partial charge in [-0.2, -0.15) is 0 Å². The predicted octanol–water partition coefficient (Wildman–Crippen LogP) is 1.64. The number of aromatic nitrogens is 6. The summed E-state index contributed by atoms with van der Waals surface area (Å²) < 4.78 is 12.6. The highest BCUT2D eigenvalue weighted by Gasteiger charge is 2.15. The minimum Gasteiger partial charge on any atom is -0.481 e. The highest BCUT2D eigenvalue weighted by molar-refractivity contribution is 5.56. The van der Waals surface area contributed by atoms with Crippen LogP contribution in [0.15, 0.2) is 24.7 Å². The summed E-state index contributed by atoms with van der Waals surface area (Å²) in [6.45, 7) is 7.55. The molecule has 0 aromatic carbocycles. The van der Waals surface area contributed by atoms with E-state index in [2.05, 4.69) is 30.2 Å². The quantitative estimate of drug-likeness (QED) is 0.659. The zero-order valence-electron chi connectivity index (χ0n) is 16.3. The highest BCUT2D eigenvalue weighted by Crippen LogP contribution is 2.23. The van der Waals surface area contributed by atoms with Crippen molar-refractivity contribution < 1.29 is 9.47 Å². The molecule has 0 radical (unpaired) electrons. The number of rotatable bonds is 5. The molecule has 0 unspecified atom stereocenters. The van der Waals surface area contributed by atoms with Crippen molar-refractivity contribution in [2.75, 3.05) is 38.3 Å². The van der Waals surface area contributed by atoms with Crippen molar-refractivity contribution in [3.05, 3.63) is 41.5 Å². The molecule has 3 aromatic heterocycles. The van der Waals surface area contributed by atoms with Crippen molar-refractivity contribution in [1.29, 1.82) is 0 Å². The number of hydrogen-bond donors (Lipinski definition) is 0. The van der Waals surface area contributed by atoms with Crippen LogP contribution in [0.25, 0.3) is 11.3 Å². The van der Waals surface area contributed by atoms with Crippen molar-refractivity contribution in [3.63, 3.8) is 0 Å². The minimum atomic E-state index is 0.530. The lowest BCUT2D eigenvalue weighted by Crippen LogP contribution is -2.37. The Morgan fingerprint density at radius 1 is 1.14 bits per heavy atom. The average molecular weight is 381 g/mol. The van der Waals surface area contributed by atoms with Crippen LogP contribution in [0.1, 0.15) is 16.8 Å². The molecule has 4 heterocycles. The number of aryl methyl sites for hydroxylation is 2. The van der Waals surface area contributed by atoms with E-state index in [4.69, 9.17) is 9.47 Å². The molecule has 1 saturated heterocycles. The first-order valence-corrected chi connectivity index (χ1v) is 9.20. The van der Waals surface area contributed by atoms with Gasteiger partial charge in [-0.15, -0.1) is 5.10 Å². The van der Waals surface area contributed by atoms with Gasteiger partial charge in [-0.05, 0) is 25.5 Å². The van der Waals surface area contributed by atoms with Gasteiger partial charge in [-0.25, -0.2) is 19.6 Å². The van der Waals surface area contributed by atoms with Gasteiger partial charge in [0.05, 0.1) is 33.1 Å². The molecule has 3 aromatic rings. The first-order chi connectivity index (χ1) is 13.6. The molecule has 1 aliphatic rings. The molecule has 1 fully saturated rings. The van der Waals surface area contributed by atoms with Crippen LogP contribution in [0.3, 0.4) is 0 Å². The monoisotopic (exact) mass is 381 g/mol. The van der Waals surface area contributed by atoms with Gasteiger partial charge in [-0.1, -0.05) is 5.21 Å². The van der Waals surface area contributed by atoms with E-state index in [0.717, 1.165) is 41.2 Å². The van der Waals surface area contributed by atoms with E-state index in [9.17, 15) is 0 Å². The molecule has 28 heavy (non-hydrogen) atoms. The Morgan fingerprint density at radius 2 is 1.89 bits per heavy atom. The molecule has 4 rings (SSSR count). The first kappa shape index (κ1) is 18.3. The lowest BCUT2D eigenvalue weighted by molar-refractivity contribution is 0.122. The second-order valence-electron chi connectivity index (χ2n) is 6.74. The van der Waals surface area contributed by atoms with E-state index < -0.39 is 0 Å². The predicted molar refractivity (Wildman–Crippen MR) is 103 cm³/mol. The maximum absolute atomic E-state index is 5.44. The number of morpholine rings is 1. The van der Waals surface area contributed by atoms with Gasteiger partial charge in [0, 0.05) is 42.3 Å². The summed E-state index contributed by atoms with van der Waals surface area (Å²) in [5.41, 5.74) is 4.58. The summed E-state index contributed by atoms with van der Waals surface area (Å²) >= 11 is 0. The fourth-order valence-corrected chi connectivity index (χ4v) is 3.24. The van der Waals surface area contributed by atoms with Gasteiger partial charge in [0.15, 0.2) is 0 Å². The zero-order chi connectivity index (χ0) is 19.5. The number of anilines is 1. The van der Waals surface area contributed by atoms with Crippen molar-refractivity contribution in [3.8, 4) is 17.1 Å². The largest absolute Gasteiger partial charge is 0.481 e. The fourth-order valence-electron chi connectivity index (χ4n) is 3.24. The molecular weight excluding hydrogens is 358 g/mol. The van der Waals surface area contributed by atoms with Crippen LogP contribution in [0.5, 0.6) is 5.88 Å². The Hall–Kier alpha value is -3.07. The van der Waals surface area contributed by atoms with E-state index in [1.54, 1.807) is 24.2 Å². The molecule has 1 aliphatic heterocycles. The molecule has 0 spiro atoms. The van der Waals surface area contributed by atoms with Crippen LogP contribution in [0, 0.1) is 13.8 Å². The summed E-state index contributed by atoms with van der Waals surface area (Å²) in [7, 11) is 1.63. The Bertz CT molecular complexity index is 949. The van der Waals surface area contributed by atoms with Gasteiger partial charge < -0.3 is 14.4 Å². The molecule has 0 N–H and O–H groups in total. The third kappa shape index (κ3) is 3.79. The molecule has 9 heteroatoms. The average Bonchev–Trinajstić information content (AvgIpc) is 3.19. The topological polar surface area (TPSA) is 91.1 Å². The third-order valence-electron chi connectivity index (χ3n) is 4.72. The van der Waals surface area contributed by atoms with E-state index in [1.165, 1.54) is 0 Å². The molecule has 0 amide bonds. The summed E-state index contributed by atoms with van der Waals surface area (Å²) in [5.74, 6) is 1.33. The number of pyridine rings is 1. The maximum Gasteiger partial charge on any atom is 0.225 e. The number of methoxy groups -OCH3 is 1. The summed E-state index contributed by atoms with van der Waals surface area (Å²) in [6.07, 6.45) is 5.45. The minimum absolute atomic E-state index is 0.530. The van der Waals surface area contributed by atoms with E-state index in [-0.39, 0.29) is 0 Å². The van der Waals surface area contributed by atoms with Gasteiger partial charge in [-0.3, -0.25) is 0 Å². The fraction of sp³-hybridized carbons (Fsp3) is 0.421. The SMILES string of the molecule is COc1nc(C)cc(C)c1Cn1cc(-c2cnc(N3CCOCC3)nc2)nn1. The van der Waals surface area contributed by atoms with E-state index in [1.807, 2.05) is 26.1 Å². The van der Waals surface area contributed by atoms with Crippen molar-refractivity contribution in [1.82, 2.24) is 29.9 Å². The Balaban J connectivity index is 1.52. The van der Waals surface area contributed by atoms with Gasteiger partial charge in [0.2, 0.25) is 11.8 Å². The van der Waals surface area contributed by atoms with E-state index in [0.29, 0.717) is 31.6 Å². The second-order valence-corrected chi connectivity index (χ2v) is 6.74. The molecule has 0 saturated carbocycles. The van der Waals surface area contributed by atoms with E-state index >= 15 is 0 Å². The van der Waals surface area contributed by atoms with Crippen LogP contribution in [-0.4, -0.2) is 63.4 Å². The molecule has 0 atom stereocenters. The lowest BCUT2D eigenvalue weighted by Gasteiger charge is -2.26. The van der Waals surface area contributed by atoms with Crippen LogP contribution in [0.2, 0.25) is 0 Å². The molecular formula is C19H23N7O2. The summed E-state index contributed by atoms with van der Waals surface area (Å²) in [5, 5.41) is 8.51. The maximum atomic E-state index is 5.44. The van der Waals surface area contributed by atoms with Crippen LogP contribution in [-0.2, 0) is 11.3 Å². The summed E-state index contributed by atoms with van der Waals surface area (Å²) in [4.78, 5) is 15.5. The first-order valence-electron chi connectivity index (χ1n) is 9.20. The van der Waals surface area contributed by atoms with Gasteiger partial charge >= 0.3 is 0 Å².